The molecule has 8 heteroatoms. The molecule has 0 aliphatic heterocycles. The molecule has 7 nitrogen and oxygen atoms in total. The Morgan fingerprint density at radius 3 is 2.62 bits per heavy atom. The van der Waals surface area contributed by atoms with Crippen molar-refractivity contribution in [1.82, 2.24) is 15.2 Å². The zero-order chi connectivity index (χ0) is 23.0. The highest BCUT2D eigenvalue weighted by Crippen LogP contribution is 2.45. The summed E-state index contributed by atoms with van der Waals surface area (Å²) in [6.45, 7) is 10.4. The molecule has 168 valence electrons. The maximum atomic E-state index is 9.60. The van der Waals surface area contributed by atoms with Gasteiger partial charge in [-0.3, -0.25) is 0 Å². The van der Waals surface area contributed by atoms with Crippen LogP contribution in [0.4, 0.5) is 5.82 Å². The van der Waals surface area contributed by atoms with Gasteiger partial charge in [0.25, 0.3) is 0 Å². The normalized spacial score (nSPS) is 22.7. The number of benzene rings is 1. The first-order chi connectivity index (χ1) is 15.2. The van der Waals surface area contributed by atoms with Gasteiger partial charge in [-0.15, -0.1) is 0 Å². The van der Waals surface area contributed by atoms with Gasteiger partial charge in [-0.1, -0.05) is 23.9 Å². The molecule has 2 aliphatic rings. The van der Waals surface area contributed by atoms with Crippen molar-refractivity contribution in [3.63, 3.8) is 0 Å². The molecule has 1 fully saturated rings. The van der Waals surface area contributed by atoms with Crippen molar-refractivity contribution in [2.45, 2.75) is 57.8 Å². The summed E-state index contributed by atoms with van der Waals surface area (Å²) in [5, 5.41) is 17.3. The molecule has 0 amide bonds. The van der Waals surface area contributed by atoms with Crippen LogP contribution in [-0.2, 0) is 10.3 Å². The third-order valence-corrected chi connectivity index (χ3v) is 6.87. The largest absolute Gasteiger partial charge is 0.437 e. The van der Waals surface area contributed by atoms with E-state index in [0.717, 1.165) is 64.9 Å². The van der Waals surface area contributed by atoms with Crippen LogP contribution in [0.25, 0.3) is 16.8 Å². The molecule has 4 N–H and O–H groups in total. The number of hydrogen-bond acceptors (Lipinski definition) is 7. The maximum absolute atomic E-state index is 9.60. The number of nitrogens with zero attached hydrogens (tertiary/aromatic N) is 3. The van der Waals surface area contributed by atoms with Crippen molar-refractivity contribution in [3.05, 3.63) is 47.8 Å². The number of hydrogen-bond donors (Lipinski definition) is 3. The van der Waals surface area contributed by atoms with E-state index in [4.69, 9.17) is 10.6 Å². The second-order valence-electron chi connectivity index (χ2n) is 9.41. The summed E-state index contributed by atoms with van der Waals surface area (Å²) in [6, 6.07) is 6.73. The van der Waals surface area contributed by atoms with Gasteiger partial charge in [0, 0.05) is 22.1 Å². The minimum atomic E-state index is -0.506. The average molecular weight is 433 g/mol. The quantitative estimate of drug-likeness (QED) is 0.491. The number of oxime groups is 1. The van der Waals surface area contributed by atoms with Crippen molar-refractivity contribution in [2.75, 3.05) is 12.8 Å². The zero-order valence-electron chi connectivity index (χ0n) is 19.4. The van der Waals surface area contributed by atoms with Crippen LogP contribution in [0.1, 0.15) is 56.2 Å². The number of nitrogen functional groups attached to an aromatic ring is 1. The van der Waals surface area contributed by atoms with Crippen LogP contribution in [0.5, 0.6) is 0 Å². The SMILES string of the molecule is C=C(c1ccc2c(c1)C(=NOC)C(C)(C)c1c(N)ncnc1-2)[C@H]1CC[C@H](NB(C)O)CC1. The summed E-state index contributed by atoms with van der Waals surface area (Å²) in [4.78, 5) is 14.0. The van der Waals surface area contributed by atoms with Crippen molar-refractivity contribution in [1.29, 1.82) is 0 Å². The number of nitrogens with two attached hydrogens (primary N) is 1. The molecule has 0 saturated heterocycles. The topological polar surface area (TPSA) is 106 Å². The van der Waals surface area contributed by atoms with E-state index in [2.05, 4.69) is 59.0 Å². The molecular weight excluding hydrogens is 401 g/mol. The Hall–Kier alpha value is -2.71. The fourth-order valence-electron chi connectivity index (χ4n) is 5.26. The Kier molecular flexibility index (Phi) is 6.10. The Morgan fingerprint density at radius 1 is 1.25 bits per heavy atom. The monoisotopic (exact) mass is 433 g/mol. The highest BCUT2D eigenvalue weighted by molar-refractivity contribution is 6.45. The molecule has 0 spiro atoms. The highest BCUT2D eigenvalue weighted by Gasteiger charge is 2.41. The first-order valence-corrected chi connectivity index (χ1v) is 11.2. The van der Waals surface area contributed by atoms with Crippen LogP contribution in [0.3, 0.4) is 0 Å². The van der Waals surface area contributed by atoms with E-state index >= 15 is 0 Å². The Balaban J connectivity index is 1.69. The molecule has 1 aromatic heterocycles. The van der Waals surface area contributed by atoms with Crippen LogP contribution in [0, 0.1) is 5.92 Å². The first kappa shape index (κ1) is 22.5. The molecule has 4 rings (SSSR count). The lowest BCUT2D eigenvalue weighted by molar-refractivity contribution is 0.211. The predicted molar refractivity (Wildman–Crippen MR) is 130 cm³/mol. The van der Waals surface area contributed by atoms with Crippen LogP contribution < -0.4 is 11.0 Å². The molecule has 0 atom stereocenters. The summed E-state index contributed by atoms with van der Waals surface area (Å²) >= 11 is 0. The third-order valence-electron chi connectivity index (χ3n) is 6.87. The van der Waals surface area contributed by atoms with Gasteiger partial charge in [-0.25, -0.2) is 9.97 Å². The Labute approximate surface area is 190 Å². The van der Waals surface area contributed by atoms with E-state index < -0.39 is 12.5 Å². The van der Waals surface area contributed by atoms with Crippen LogP contribution in [0.15, 0.2) is 36.3 Å². The van der Waals surface area contributed by atoms with Gasteiger partial charge in [0.15, 0.2) is 0 Å². The highest BCUT2D eigenvalue weighted by atomic mass is 16.6. The third kappa shape index (κ3) is 3.93. The van der Waals surface area contributed by atoms with E-state index in [1.54, 1.807) is 13.9 Å². The fourth-order valence-corrected chi connectivity index (χ4v) is 5.26. The summed E-state index contributed by atoms with van der Waals surface area (Å²) in [7, 11) is 1.09. The first-order valence-electron chi connectivity index (χ1n) is 11.2. The molecule has 1 heterocycles. The minimum Gasteiger partial charge on any atom is -0.437 e. The average Bonchev–Trinajstić information content (AvgIpc) is 2.75. The van der Waals surface area contributed by atoms with Gasteiger partial charge in [0.1, 0.15) is 19.3 Å². The number of anilines is 1. The summed E-state index contributed by atoms with van der Waals surface area (Å²) in [6.07, 6.45) is 5.69. The van der Waals surface area contributed by atoms with E-state index in [9.17, 15) is 5.02 Å². The Bertz CT molecular complexity index is 1060. The fraction of sp³-hybridized carbons (Fsp3) is 0.458. The lowest BCUT2D eigenvalue weighted by atomic mass is 9.69. The summed E-state index contributed by atoms with van der Waals surface area (Å²) in [5.41, 5.74) is 12.5. The maximum Gasteiger partial charge on any atom is 0.373 e. The number of allylic oxidation sites excluding steroid dienone is 1. The van der Waals surface area contributed by atoms with Crippen molar-refractivity contribution < 1.29 is 9.86 Å². The van der Waals surface area contributed by atoms with E-state index in [-0.39, 0.29) is 0 Å². The molecule has 0 bridgehead atoms. The minimum absolute atomic E-state index is 0.366. The lowest BCUT2D eigenvalue weighted by Crippen LogP contribution is -2.42. The summed E-state index contributed by atoms with van der Waals surface area (Å²) < 4.78 is 0. The van der Waals surface area contributed by atoms with Gasteiger partial charge >= 0.3 is 7.05 Å². The van der Waals surface area contributed by atoms with Gasteiger partial charge in [-0.05, 0) is 75.5 Å². The number of rotatable bonds is 5. The predicted octanol–water partition coefficient (Wildman–Crippen LogP) is 3.64. The number of aromatic nitrogens is 2. The zero-order valence-corrected chi connectivity index (χ0v) is 19.4. The van der Waals surface area contributed by atoms with Gasteiger partial charge in [-0.2, -0.15) is 0 Å². The smallest absolute Gasteiger partial charge is 0.373 e. The molecule has 1 aromatic carbocycles. The molecule has 2 aliphatic carbocycles. The standard InChI is InChI=1S/C24H32BN5O2/c1-14(15-6-9-17(10-7-15)29-25(4)31)16-8-11-18-19(12-16)22(30-32-5)24(2,3)20-21(18)27-13-28-23(20)26/h8,11-13,15,17,29,31H,1,6-7,9-10H2,2-5H3,(H2,26,27,28)/t15-,17-. The van der Waals surface area contributed by atoms with E-state index in [1.807, 2.05) is 0 Å². The molecule has 0 unspecified atom stereocenters. The van der Waals surface area contributed by atoms with Crippen molar-refractivity contribution in [3.8, 4) is 11.3 Å². The second-order valence-corrected chi connectivity index (χ2v) is 9.41. The van der Waals surface area contributed by atoms with Crippen LogP contribution in [0.2, 0.25) is 6.82 Å². The lowest BCUT2D eigenvalue weighted by Gasteiger charge is -2.35. The van der Waals surface area contributed by atoms with E-state index in [0.29, 0.717) is 17.8 Å². The van der Waals surface area contributed by atoms with Crippen molar-refractivity contribution >= 4 is 24.2 Å². The molecule has 0 radical (unpaired) electrons. The van der Waals surface area contributed by atoms with Crippen LogP contribution in [-0.4, -0.2) is 40.9 Å². The summed E-state index contributed by atoms with van der Waals surface area (Å²) in [5.74, 6) is 0.885. The second kappa shape index (κ2) is 8.67. The molecular formula is C24H32BN5O2. The van der Waals surface area contributed by atoms with E-state index in [1.165, 1.54) is 6.33 Å². The number of nitrogens with one attached hydrogen (secondary N) is 1. The van der Waals surface area contributed by atoms with Gasteiger partial charge in [0.2, 0.25) is 0 Å². The van der Waals surface area contributed by atoms with Gasteiger partial charge < -0.3 is 20.8 Å². The molecule has 2 aromatic rings. The Morgan fingerprint density at radius 2 is 1.97 bits per heavy atom. The molecule has 32 heavy (non-hydrogen) atoms. The number of fused-ring (bicyclic) bond motifs is 3. The van der Waals surface area contributed by atoms with Crippen LogP contribution >= 0.6 is 0 Å². The molecule has 1 saturated carbocycles. The van der Waals surface area contributed by atoms with Gasteiger partial charge in [0.05, 0.1) is 11.4 Å². The van der Waals surface area contributed by atoms with Crippen molar-refractivity contribution in [2.24, 2.45) is 11.1 Å².